The fraction of sp³-hybridized carbons (Fsp3) is 0.529. The quantitative estimate of drug-likeness (QED) is 0.734. The summed E-state index contributed by atoms with van der Waals surface area (Å²) in [7, 11) is 0. The minimum Gasteiger partial charge on any atom is -0.382 e. The Labute approximate surface area is 112 Å². The van der Waals surface area contributed by atoms with E-state index in [1.807, 2.05) is 0 Å². The second kappa shape index (κ2) is 7.25. The molecule has 1 atom stereocenters. The van der Waals surface area contributed by atoms with Gasteiger partial charge in [0.25, 0.3) is 0 Å². The van der Waals surface area contributed by atoms with Crippen LogP contribution in [0.5, 0.6) is 0 Å². The first-order valence-corrected chi connectivity index (χ1v) is 7.17. The average Bonchev–Trinajstić information content (AvgIpc) is 2.37. The van der Waals surface area contributed by atoms with Crippen molar-refractivity contribution in [2.75, 3.05) is 0 Å². The highest BCUT2D eigenvalue weighted by Gasteiger charge is 2.07. The number of aryl methyl sites for hydroxylation is 2. The Balaban J connectivity index is 2.74. The topological polar surface area (TPSA) is 12.0 Å². The summed E-state index contributed by atoms with van der Waals surface area (Å²) in [6, 6.07) is 7.19. The summed E-state index contributed by atoms with van der Waals surface area (Å²) < 4.78 is 0. The van der Waals surface area contributed by atoms with E-state index in [1.165, 1.54) is 29.5 Å². The lowest BCUT2D eigenvalue weighted by Gasteiger charge is -2.20. The Morgan fingerprint density at radius 2 is 2.00 bits per heavy atom. The van der Waals surface area contributed by atoms with Crippen LogP contribution in [-0.4, -0.2) is 6.04 Å². The summed E-state index contributed by atoms with van der Waals surface area (Å²) in [6.07, 6.45) is 4.67. The molecule has 0 fully saturated rings. The Hall–Kier alpha value is -1.24. The van der Waals surface area contributed by atoms with Gasteiger partial charge in [-0.05, 0) is 48.9 Å². The fourth-order valence-electron chi connectivity index (χ4n) is 2.34. The van der Waals surface area contributed by atoms with Crippen molar-refractivity contribution in [3.8, 4) is 0 Å². The molecule has 18 heavy (non-hydrogen) atoms. The van der Waals surface area contributed by atoms with Crippen LogP contribution in [0.2, 0.25) is 0 Å². The Morgan fingerprint density at radius 3 is 2.50 bits per heavy atom. The highest BCUT2D eigenvalue weighted by molar-refractivity contribution is 5.63. The molecule has 0 spiro atoms. The molecule has 0 aliphatic heterocycles. The molecule has 1 nitrogen and oxygen atoms in total. The first kappa shape index (κ1) is 14.8. The molecule has 0 saturated heterocycles. The van der Waals surface area contributed by atoms with Gasteiger partial charge in [-0.15, -0.1) is 0 Å². The van der Waals surface area contributed by atoms with Crippen LogP contribution in [0, 0.1) is 6.92 Å². The van der Waals surface area contributed by atoms with Gasteiger partial charge in [0.15, 0.2) is 0 Å². The van der Waals surface area contributed by atoms with E-state index in [0.29, 0.717) is 6.04 Å². The van der Waals surface area contributed by atoms with Gasteiger partial charge in [0.2, 0.25) is 0 Å². The molecule has 1 rings (SSSR count). The van der Waals surface area contributed by atoms with Crippen molar-refractivity contribution in [1.29, 1.82) is 0 Å². The van der Waals surface area contributed by atoms with Gasteiger partial charge in [0.05, 0.1) is 0 Å². The Kier molecular flexibility index (Phi) is 5.97. The highest BCUT2D eigenvalue weighted by Crippen LogP contribution is 2.17. The Morgan fingerprint density at radius 1 is 1.28 bits per heavy atom. The van der Waals surface area contributed by atoms with Gasteiger partial charge < -0.3 is 5.32 Å². The van der Waals surface area contributed by atoms with E-state index >= 15 is 0 Å². The summed E-state index contributed by atoms with van der Waals surface area (Å²) in [6.45, 7) is 13.0. The van der Waals surface area contributed by atoms with E-state index in [4.69, 9.17) is 0 Å². The SMILES string of the molecule is C=C(NC(CC)CCC)c1ccc(CC)c(C)c1. The molecule has 1 unspecified atom stereocenters. The molecule has 1 N–H and O–H groups in total. The van der Waals surface area contributed by atoms with Crippen molar-refractivity contribution < 1.29 is 0 Å². The van der Waals surface area contributed by atoms with Crippen molar-refractivity contribution in [1.82, 2.24) is 5.32 Å². The third kappa shape index (κ3) is 3.90. The summed E-state index contributed by atoms with van der Waals surface area (Å²) in [5.74, 6) is 0. The molecule has 1 heteroatoms. The van der Waals surface area contributed by atoms with Crippen molar-refractivity contribution >= 4 is 5.70 Å². The third-order valence-electron chi connectivity index (χ3n) is 3.58. The van der Waals surface area contributed by atoms with Crippen LogP contribution in [-0.2, 0) is 6.42 Å². The van der Waals surface area contributed by atoms with Crippen molar-refractivity contribution in [2.24, 2.45) is 0 Å². The Bertz CT molecular complexity index is 393. The molecule has 0 radical (unpaired) electrons. The summed E-state index contributed by atoms with van der Waals surface area (Å²) in [5, 5.41) is 3.55. The predicted octanol–water partition coefficient (Wildman–Crippen LogP) is 4.70. The first-order valence-electron chi connectivity index (χ1n) is 7.17. The van der Waals surface area contributed by atoms with Gasteiger partial charge >= 0.3 is 0 Å². The molecule has 0 aromatic heterocycles. The van der Waals surface area contributed by atoms with Gasteiger partial charge in [-0.3, -0.25) is 0 Å². The smallest absolute Gasteiger partial charge is 0.0343 e. The molecule has 0 aliphatic carbocycles. The lowest BCUT2D eigenvalue weighted by atomic mass is 10.0. The first-order chi connectivity index (χ1) is 8.62. The maximum atomic E-state index is 4.18. The van der Waals surface area contributed by atoms with E-state index in [0.717, 1.165) is 18.5 Å². The predicted molar refractivity (Wildman–Crippen MR) is 81.7 cm³/mol. The molecule has 1 aromatic rings. The maximum Gasteiger partial charge on any atom is 0.0343 e. The minimum absolute atomic E-state index is 0.550. The number of benzene rings is 1. The van der Waals surface area contributed by atoms with Crippen molar-refractivity contribution in [2.45, 2.75) is 59.4 Å². The van der Waals surface area contributed by atoms with Gasteiger partial charge in [0, 0.05) is 11.7 Å². The monoisotopic (exact) mass is 245 g/mol. The van der Waals surface area contributed by atoms with Crippen LogP contribution in [0.25, 0.3) is 5.70 Å². The molecule has 0 bridgehead atoms. The van der Waals surface area contributed by atoms with Crippen LogP contribution in [0.4, 0.5) is 0 Å². The van der Waals surface area contributed by atoms with Crippen LogP contribution < -0.4 is 5.32 Å². The molecule has 0 heterocycles. The fourth-order valence-corrected chi connectivity index (χ4v) is 2.34. The normalized spacial score (nSPS) is 12.2. The van der Waals surface area contributed by atoms with E-state index in [9.17, 15) is 0 Å². The maximum absolute atomic E-state index is 4.18. The van der Waals surface area contributed by atoms with Crippen LogP contribution in [0.3, 0.4) is 0 Å². The molecule has 0 amide bonds. The van der Waals surface area contributed by atoms with Crippen LogP contribution in [0.15, 0.2) is 24.8 Å². The number of hydrogen-bond acceptors (Lipinski definition) is 1. The van der Waals surface area contributed by atoms with E-state index in [2.05, 4.69) is 57.8 Å². The molecular weight excluding hydrogens is 218 g/mol. The zero-order valence-electron chi connectivity index (χ0n) is 12.3. The molecule has 0 saturated carbocycles. The van der Waals surface area contributed by atoms with Crippen molar-refractivity contribution in [3.05, 3.63) is 41.5 Å². The second-order valence-electron chi connectivity index (χ2n) is 5.01. The standard InChI is InChI=1S/C17H27N/c1-6-9-17(8-3)18-14(5)16-11-10-15(7-2)13(4)12-16/h10-12,17-18H,5-9H2,1-4H3. The third-order valence-corrected chi connectivity index (χ3v) is 3.58. The van der Waals surface area contributed by atoms with Gasteiger partial charge in [-0.1, -0.05) is 45.9 Å². The molecule has 1 aromatic carbocycles. The molecule has 0 aliphatic rings. The van der Waals surface area contributed by atoms with Gasteiger partial charge in [-0.25, -0.2) is 0 Å². The summed E-state index contributed by atoms with van der Waals surface area (Å²) in [5.41, 5.74) is 5.06. The second-order valence-corrected chi connectivity index (χ2v) is 5.01. The lowest BCUT2D eigenvalue weighted by Crippen LogP contribution is -2.26. The molecule has 100 valence electrons. The zero-order valence-corrected chi connectivity index (χ0v) is 12.3. The molecular formula is C17H27N. The van der Waals surface area contributed by atoms with Crippen LogP contribution >= 0.6 is 0 Å². The minimum atomic E-state index is 0.550. The lowest BCUT2D eigenvalue weighted by molar-refractivity contribution is 0.529. The van der Waals surface area contributed by atoms with Gasteiger partial charge in [-0.2, -0.15) is 0 Å². The number of nitrogens with one attached hydrogen (secondary N) is 1. The summed E-state index contributed by atoms with van der Waals surface area (Å²) in [4.78, 5) is 0. The largest absolute Gasteiger partial charge is 0.382 e. The van der Waals surface area contributed by atoms with Gasteiger partial charge in [0.1, 0.15) is 0 Å². The van der Waals surface area contributed by atoms with E-state index < -0.39 is 0 Å². The average molecular weight is 245 g/mol. The summed E-state index contributed by atoms with van der Waals surface area (Å²) >= 11 is 0. The number of rotatable bonds is 7. The van der Waals surface area contributed by atoms with Crippen molar-refractivity contribution in [3.63, 3.8) is 0 Å². The van der Waals surface area contributed by atoms with E-state index in [-0.39, 0.29) is 0 Å². The number of hydrogen-bond donors (Lipinski definition) is 1. The highest BCUT2D eigenvalue weighted by atomic mass is 14.9. The zero-order chi connectivity index (χ0) is 13.5. The van der Waals surface area contributed by atoms with Crippen LogP contribution in [0.1, 0.15) is 56.7 Å². The van der Waals surface area contributed by atoms with E-state index in [1.54, 1.807) is 0 Å².